The fourth-order valence-electron chi connectivity index (χ4n) is 3.41. The van der Waals surface area contributed by atoms with E-state index < -0.39 is 5.97 Å². The summed E-state index contributed by atoms with van der Waals surface area (Å²) in [6.07, 6.45) is 4.73. The Morgan fingerprint density at radius 3 is 2.58 bits per heavy atom. The van der Waals surface area contributed by atoms with Crippen molar-refractivity contribution in [1.82, 2.24) is 9.47 Å². The molecule has 0 radical (unpaired) electrons. The van der Waals surface area contributed by atoms with Crippen molar-refractivity contribution in [2.45, 2.75) is 33.9 Å². The van der Waals surface area contributed by atoms with E-state index in [1.165, 1.54) is 6.08 Å². The lowest BCUT2D eigenvalue weighted by atomic mass is 10.2. The van der Waals surface area contributed by atoms with Gasteiger partial charge in [0.15, 0.2) is 6.61 Å². The molecule has 1 aromatic carbocycles. The normalized spacial score (nSPS) is 11.1. The lowest BCUT2D eigenvalue weighted by molar-refractivity contribution is -0.148. The highest BCUT2D eigenvalue weighted by atomic mass is 16.5. The third-order valence-corrected chi connectivity index (χ3v) is 5.19. The van der Waals surface area contributed by atoms with E-state index in [0.29, 0.717) is 19.6 Å². The summed E-state index contributed by atoms with van der Waals surface area (Å²) in [5.74, 6) is 0.107. The highest BCUT2D eigenvalue weighted by molar-refractivity contribution is 5.89. The van der Waals surface area contributed by atoms with Crippen LogP contribution in [0.15, 0.2) is 65.3 Å². The summed E-state index contributed by atoms with van der Waals surface area (Å²) >= 11 is 0. The maximum Gasteiger partial charge on any atom is 0.331 e. The van der Waals surface area contributed by atoms with Crippen molar-refractivity contribution in [3.8, 4) is 0 Å². The third kappa shape index (κ3) is 5.98. The summed E-state index contributed by atoms with van der Waals surface area (Å²) in [4.78, 5) is 26.2. The number of aromatic nitrogens is 1. The summed E-state index contributed by atoms with van der Waals surface area (Å²) in [5.41, 5.74) is 4.05. The molecule has 0 N–H and O–H groups in total. The van der Waals surface area contributed by atoms with E-state index in [1.54, 1.807) is 17.2 Å². The van der Waals surface area contributed by atoms with E-state index in [2.05, 4.69) is 4.57 Å². The molecule has 0 unspecified atom stereocenters. The highest BCUT2D eigenvalue weighted by Gasteiger charge is 2.14. The predicted molar refractivity (Wildman–Crippen MR) is 119 cm³/mol. The Hall–Kier alpha value is -3.54. The van der Waals surface area contributed by atoms with E-state index in [4.69, 9.17) is 9.15 Å². The van der Waals surface area contributed by atoms with Crippen LogP contribution in [0.1, 0.15) is 35.2 Å². The number of aryl methyl sites for hydroxylation is 1. The average molecular weight is 421 g/mol. The number of amides is 1. The summed E-state index contributed by atoms with van der Waals surface area (Å²) in [7, 11) is 0. The number of benzene rings is 1. The molecule has 0 aliphatic rings. The summed E-state index contributed by atoms with van der Waals surface area (Å²) in [5, 5.41) is 0. The number of nitrogens with zero attached hydrogens (tertiary/aromatic N) is 2. The first-order chi connectivity index (χ1) is 15.0. The fourth-order valence-corrected chi connectivity index (χ4v) is 3.41. The highest BCUT2D eigenvalue weighted by Crippen LogP contribution is 2.18. The van der Waals surface area contributed by atoms with Crippen LogP contribution in [0, 0.1) is 13.8 Å². The Morgan fingerprint density at radius 2 is 1.90 bits per heavy atom. The molecule has 0 aliphatic heterocycles. The molecule has 0 saturated carbocycles. The van der Waals surface area contributed by atoms with Crippen LogP contribution in [0.25, 0.3) is 6.08 Å². The van der Waals surface area contributed by atoms with Gasteiger partial charge >= 0.3 is 5.97 Å². The number of esters is 1. The standard InChI is InChI=1S/C25H28N2O4/c1-4-26(16-21-9-6-5-7-10-21)24(28)18-31-25(29)13-12-22-15-19(2)27(20(22)3)17-23-11-8-14-30-23/h5-15H,4,16-18H2,1-3H3/b13-12+. The summed E-state index contributed by atoms with van der Waals surface area (Å²) in [6.45, 7) is 7.30. The van der Waals surface area contributed by atoms with Crippen LogP contribution < -0.4 is 0 Å². The lowest BCUT2D eigenvalue weighted by Crippen LogP contribution is -2.33. The topological polar surface area (TPSA) is 64.7 Å². The number of carbonyl (C=O) groups excluding carboxylic acids is 2. The minimum atomic E-state index is -0.542. The lowest BCUT2D eigenvalue weighted by Gasteiger charge is -2.20. The molecule has 31 heavy (non-hydrogen) atoms. The molecule has 3 aromatic rings. The van der Waals surface area contributed by atoms with Crippen molar-refractivity contribution in [3.63, 3.8) is 0 Å². The quantitative estimate of drug-likeness (QED) is 0.381. The van der Waals surface area contributed by atoms with Crippen LogP contribution in [-0.2, 0) is 27.4 Å². The van der Waals surface area contributed by atoms with Crippen LogP contribution in [0.4, 0.5) is 0 Å². The largest absolute Gasteiger partial charge is 0.467 e. The van der Waals surface area contributed by atoms with Gasteiger partial charge in [0.05, 0.1) is 12.8 Å². The van der Waals surface area contributed by atoms with Gasteiger partial charge in [0.25, 0.3) is 5.91 Å². The number of carbonyl (C=O) groups is 2. The van der Waals surface area contributed by atoms with E-state index in [0.717, 1.165) is 28.3 Å². The second kappa shape index (κ2) is 10.5. The Balaban J connectivity index is 1.55. The zero-order valence-corrected chi connectivity index (χ0v) is 18.2. The molecular weight excluding hydrogens is 392 g/mol. The SMILES string of the molecule is CCN(Cc1ccccc1)C(=O)COC(=O)/C=C/c1cc(C)n(Cc2ccco2)c1C. The van der Waals surface area contributed by atoms with Gasteiger partial charge < -0.3 is 18.6 Å². The van der Waals surface area contributed by atoms with Gasteiger partial charge in [-0.1, -0.05) is 30.3 Å². The first kappa shape index (κ1) is 22.2. The Bertz CT molecular complexity index is 1030. The van der Waals surface area contributed by atoms with E-state index in [-0.39, 0.29) is 12.5 Å². The zero-order chi connectivity index (χ0) is 22.2. The second-order valence-corrected chi connectivity index (χ2v) is 7.33. The Kier molecular flexibility index (Phi) is 7.49. The summed E-state index contributed by atoms with van der Waals surface area (Å²) < 4.78 is 12.7. The van der Waals surface area contributed by atoms with Crippen LogP contribution in [0.2, 0.25) is 0 Å². The van der Waals surface area contributed by atoms with Crippen LogP contribution in [0.3, 0.4) is 0 Å². The zero-order valence-electron chi connectivity index (χ0n) is 18.2. The van der Waals surface area contributed by atoms with Gasteiger partial charge in [-0.05, 0) is 56.2 Å². The second-order valence-electron chi connectivity index (χ2n) is 7.33. The van der Waals surface area contributed by atoms with Gasteiger partial charge in [0, 0.05) is 30.6 Å². The molecule has 0 atom stereocenters. The molecule has 6 nitrogen and oxygen atoms in total. The number of hydrogen-bond donors (Lipinski definition) is 0. The van der Waals surface area contributed by atoms with Crippen molar-refractivity contribution in [3.05, 3.63) is 89.1 Å². The molecule has 0 saturated heterocycles. The molecule has 2 aromatic heterocycles. The smallest absolute Gasteiger partial charge is 0.331 e. The first-order valence-corrected chi connectivity index (χ1v) is 10.3. The number of likely N-dealkylation sites (N-methyl/N-ethyl adjacent to an activating group) is 1. The van der Waals surface area contributed by atoms with Gasteiger partial charge in [-0.25, -0.2) is 4.79 Å². The van der Waals surface area contributed by atoms with Crippen LogP contribution in [0.5, 0.6) is 0 Å². The number of rotatable bonds is 9. The van der Waals surface area contributed by atoms with Gasteiger partial charge in [0.2, 0.25) is 0 Å². The van der Waals surface area contributed by atoms with Crippen molar-refractivity contribution < 1.29 is 18.7 Å². The minimum Gasteiger partial charge on any atom is -0.467 e. The van der Waals surface area contributed by atoms with Crippen molar-refractivity contribution in [2.75, 3.05) is 13.2 Å². The first-order valence-electron chi connectivity index (χ1n) is 10.3. The monoisotopic (exact) mass is 420 g/mol. The molecule has 6 heteroatoms. The van der Waals surface area contributed by atoms with Crippen molar-refractivity contribution in [1.29, 1.82) is 0 Å². The van der Waals surface area contributed by atoms with Gasteiger partial charge in [0.1, 0.15) is 5.76 Å². The van der Waals surface area contributed by atoms with Crippen molar-refractivity contribution >= 4 is 18.0 Å². The van der Waals surface area contributed by atoms with Crippen LogP contribution >= 0.6 is 0 Å². The predicted octanol–water partition coefficient (Wildman–Crippen LogP) is 4.35. The Labute approximate surface area is 182 Å². The molecule has 0 fully saturated rings. The molecule has 2 heterocycles. The molecule has 0 spiro atoms. The molecular formula is C25H28N2O4. The molecule has 1 amide bonds. The van der Waals surface area contributed by atoms with Crippen molar-refractivity contribution in [2.24, 2.45) is 0 Å². The number of ether oxygens (including phenoxy) is 1. The van der Waals surface area contributed by atoms with Crippen LogP contribution in [-0.4, -0.2) is 34.5 Å². The van der Waals surface area contributed by atoms with E-state index in [9.17, 15) is 9.59 Å². The average Bonchev–Trinajstić information content (AvgIpc) is 3.39. The summed E-state index contributed by atoms with van der Waals surface area (Å²) in [6, 6.07) is 15.5. The fraction of sp³-hybridized carbons (Fsp3) is 0.280. The van der Waals surface area contributed by atoms with Gasteiger partial charge in [-0.2, -0.15) is 0 Å². The minimum absolute atomic E-state index is 0.218. The number of furan rings is 1. The number of hydrogen-bond acceptors (Lipinski definition) is 4. The molecule has 162 valence electrons. The molecule has 0 bridgehead atoms. The maximum absolute atomic E-state index is 12.4. The molecule has 0 aliphatic carbocycles. The Morgan fingerprint density at radius 1 is 1.13 bits per heavy atom. The molecule has 3 rings (SSSR count). The van der Waals surface area contributed by atoms with Gasteiger partial charge in [-0.3, -0.25) is 4.79 Å². The third-order valence-electron chi connectivity index (χ3n) is 5.19. The van der Waals surface area contributed by atoms with E-state index in [1.807, 2.05) is 69.3 Å². The van der Waals surface area contributed by atoms with E-state index >= 15 is 0 Å². The van der Waals surface area contributed by atoms with Gasteiger partial charge in [-0.15, -0.1) is 0 Å². The maximum atomic E-state index is 12.4.